The van der Waals surface area contributed by atoms with Gasteiger partial charge in [0.2, 0.25) is 0 Å². The van der Waals surface area contributed by atoms with Gasteiger partial charge in [-0.3, -0.25) is 0 Å². The predicted molar refractivity (Wildman–Crippen MR) is 13.5 cm³/mol. The van der Waals surface area contributed by atoms with Gasteiger partial charge in [0.1, 0.15) is 0 Å². The Labute approximate surface area is 38.6 Å². The zero-order chi connectivity index (χ0) is 2.00. The average molecular weight is 230 g/mol. The van der Waals surface area contributed by atoms with Crippen LogP contribution in [0.1, 0.15) is 0 Å². The van der Waals surface area contributed by atoms with Crippen LogP contribution in [-0.4, -0.2) is 0 Å². The molecule has 0 heterocycles. The quantitative estimate of drug-likeness (QED) is 0.562. The summed E-state index contributed by atoms with van der Waals surface area (Å²) in [6.07, 6.45) is 0. The van der Waals surface area contributed by atoms with E-state index in [-0.39, 0.29) is 14.9 Å². The van der Waals surface area contributed by atoms with E-state index in [9.17, 15) is 0 Å². The molecule has 0 rings (SSSR count). The second-order valence-corrected chi connectivity index (χ2v) is 0. The molecule has 4 heavy (non-hydrogen) atoms. The first-order valence-corrected chi connectivity index (χ1v) is 1.36. The third-order valence-corrected chi connectivity index (χ3v) is 0. The van der Waals surface area contributed by atoms with E-state index in [1.54, 1.807) is 0 Å². The Morgan fingerprint density at radius 3 is 1.00 bits per heavy atom. The standard InChI is InChI=1S/2CH3.O.W/h2*1H3;;/q2*-1;;. The summed E-state index contributed by atoms with van der Waals surface area (Å²) in [4.78, 5) is 0. The van der Waals surface area contributed by atoms with Crippen molar-refractivity contribution >= 4 is 0 Å². The molecule has 0 fully saturated rings. The van der Waals surface area contributed by atoms with Gasteiger partial charge in [0.05, 0.1) is 0 Å². The molecule has 0 saturated heterocycles. The van der Waals surface area contributed by atoms with Crippen LogP contribution in [0.4, 0.5) is 0 Å². The van der Waals surface area contributed by atoms with Crippen molar-refractivity contribution in [1.82, 2.24) is 0 Å². The van der Waals surface area contributed by atoms with Crippen molar-refractivity contribution in [3.8, 4) is 0 Å². The summed E-state index contributed by atoms with van der Waals surface area (Å²) in [5.74, 6) is 0. The zero-order valence-corrected chi connectivity index (χ0v) is 5.75. The van der Waals surface area contributed by atoms with E-state index in [1.165, 1.54) is 0 Å². The molecule has 0 bridgehead atoms. The van der Waals surface area contributed by atoms with Crippen molar-refractivity contribution in [1.29, 1.82) is 0 Å². The molecular formula is C2H6OW-2. The van der Waals surface area contributed by atoms with Gasteiger partial charge in [0, 0.05) is 0 Å². The normalized spacial score (nSPS) is 1.00. The maximum absolute atomic E-state index is 8.33. The van der Waals surface area contributed by atoms with Crippen LogP contribution >= 0.6 is 0 Å². The van der Waals surface area contributed by atoms with Gasteiger partial charge in [-0.05, 0) is 0 Å². The van der Waals surface area contributed by atoms with Gasteiger partial charge in [-0.1, -0.05) is 0 Å². The number of hydrogen-bond acceptors (Lipinski definition) is 1. The van der Waals surface area contributed by atoms with E-state index in [0.29, 0.717) is 19.8 Å². The molecule has 28 valence electrons. The monoisotopic (exact) mass is 230 g/mol. The molecule has 0 aromatic carbocycles. The van der Waals surface area contributed by atoms with Crippen LogP contribution < -0.4 is 0 Å². The van der Waals surface area contributed by atoms with Gasteiger partial charge in [-0.15, -0.1) is 0 Å². The number of rotatable bonds is 0. The summed E-state index contributed by atoms with van der Waals surface area (Å²) in [6.45, 7) is 0. The van der Waals surface area contributed by atoms with Gasteiger partial charge < -0.3 is 14.9 Å². The third kappa shape index (κ3) is 23.1. The topological polar surface area (TPSA) is 17.1 Å². The summed E-state index contributed by atoms with van der Waals surface area (Å²) in [7, 11) is 0. The molecule has 0 unspecified atom stereocenters. The maximum atomic E-state index is 8.33. The SMILES string of the molecule is [CH3-].[CH3-].[O]=[W]. The van der Waals surface area contributed by atoms with Gasteiger partial charge in [-0.2, -0.15) is 0 Å². The van der Waals surface area contributed by atoms with Crippen LogP contribution in [-0.2, 0) is 23.2 Å². The summed E-state index contributed by atoms with van der Waals surface area (Å²) < 4.78 is 8.33. The first-order valence-electron chi connectivity index (χ1n) is 0.167. The van der Waals surface area contributed by atoms with Crippen molar-refractivity contribution in [2.45, 2.75) is 0 Å². The molecular weight excluding hydrogens is 224 g/mol. The van der Waals surface area contributed by atoms with Crippen LogP contribution in [0.3, 0.4) is 0 Å². The van der Waals surface area contributed by atoms with E-state index >= 15 is 0 Å². The summed E-state index contributed by atoms with van der Waals surface area (Å²) >= 11 is 0.333. The minimum atomic E-state index is 0. The van der Waals surface area contributed by atoms with Crippen molar-refractivity contribution in [3.63, 3.8) is 0 Å². The molecule has 0 aliphatic rings. The van der Waals surface area contributed by atoms with Crippen LogP contribution in [0, 0.1) is 14.9 Å². The summed E-state index contributed by atoms with van der Waals surface area (Å²) in [5, 5.41) is 0. The van der Waals surface area contributed by atoms with Crippen molar-refractivity contribution in [3.05, 3.63) is 14.9 Å². The Morgan fingerprint density at radius 2 is 1.00 bits per heavy atom. The molecule has 0 aliphatic carbocycles. The van der Waals surface area contributed by atoms with Crippen LogP contribution in [0.5, 0.6) is 0 Å². The predicted octanol–water partition coefficient (Wildman–Crippen LogP) is 0.779. The van der Waals surface area contributed by atoms with E-state index in [0.717, 1.165) is 0 Å². The molecule has 2 heteroatoms. The van der Waals surface area contributed by atoms with Gasteiger partial charge in [0.15, 0.2) is 0 Å². The van der Waals surface area contributed by atoms with Crippen molar-refractivity contribution in [2.75, 3.05) is 0 Å². The van der Waals surface area contributed by atoms with Crippen LogP contribution in [0.25, 0.3) is 0 Å². The molecule has 0 aromatic heterocycles. The van der Waals surface area contributed by atoms with Gasteiger partial charge in [-0.25, -0.2) is 0 Å². The Hall–Kier alpha value is 0.488. The average Bonchev–Trinajstić information content (AvgIpc) is 1.00. The molecule has 0 atom stereocenters. The summed E-state index contributed by atoms with van der Waals surface area (Å²) in [5.41, 5.74) is 0. The summed E-state index contributed by atoms with van der Waals surface area (Å²) in [6, 6.07) is 0. The molecule has 0 spiro atoms. The Kier molecular flexibility index (Phi) is 558. The van der Waals surface area contributed by atoms with Gasteiger partial charge in [0.25, 0.3) is 0 Å². The molecule has 0 aliphatic heterocycles. The van der Waals surface area contributed by atoms with Crippen molar-refractivity contribution in [2.24, 2.45) is 0 Å². The molecule has 0 N–H and O–H groups in total. The molecule has 0 amide bonds. The fourth-order valence-corrected chi connectivity index (χ4v) is 0. The Balaban J connectivity index is -0.00000000500. The molecule has 0 radical (unpaired) electrons. The molecule has 0 aromatic rings. The van der Waals surface area contributed by atoms with Gasteiger partial charge >= 0.3 is 23.2 Å². The van der Waals surface area contributed by atoms with E-state index < -0.39 is 0 Å². The fourth-order valence-electron chi connectivity index (χ4n) is 0. The Morgan fingerprint density at radius 1 is 1.00 bits per heavy atom. The third-order valence-electron chi connectivity index (χ3n) is 0. The Bertz CT molecular complexity index is 6.00. The molecule has 0 saturated carbocycles. The second kappa shape index (κ2) is 90.6. The van der Waals surface area contributed by atoms with E-state index in [4.69, 9.17) is 3.40 Å². The fraction of sp³-hybridized carbons (Fsp3) is 0. The first-order chi connectivity index (χ1) is 1.00. The second-order valence-electron chi connectivity index (χ2n) is 0. The van der Waals surface area contributed by atoms with E-state index in [2.05, 4.69) is 0 Å². The van der Waals surface area contributed by atoms with E-state index in [1.807, 2.05) is 0 Å². The van der Waals surface area contributed by atoms with Crippen LogP contribution in [0.15, 0.2) is 0 Å². The first kappa shape index (κ1) is 24.7. The zero-order valence-electron chi connectivity index (χ0n) is 2.82. The number of hydrogen-bond donors (Lipinski definition) is 0. The van der Waals surface area contributed by atoms with Crippen molar-refractivity contribution < 1.29 is 23.2 Å². The molecule has 1 nitrogen and oxygen atoms in total. The van der Waals surface area contributed by atoms with Crippen LogP contribution in [0.2, 0.25) is 0 Å². The minimum absolute atomic E-state index is 0.